The number of hydrogen-bond donors (Lipinski definition) is 1. The van der Waals surface area contributed by atoms with Crippen molar-refractivity contribution >= 4 is 34.4 Å². The fourth-order valence-corrected chi connectivity index (χ4v) is 3.53. The molecule has 3 rings (SSSR count). The van der Waals surface area contributed by atoms with Crippen LogP contribution in [-0.4, -0.2) is 20.7 Å². The Bertz CT molecular complexity index is 760. The van der Waals surface area contributed by atoms with Gasteiger partial charge in [0.25, 0.3) is 5.91 Å². The monoisotopic (exact) mass is 332 g/mol. The first-order valence-corrected chi connectivity index (χ1v) is 8.84. The third-order valence-corrected chi connectivity index (χ3v) is 5.00. The quantitative estimate of drug-likeness (QED) is 0.758. The molecule has 0 radical (unpaired) electrons. The number of aromatic nitrogens is 3. The van der Waals surface area contributed by atoms with Crippen molar-refractivity contribution < 1.29 is 4.79 Å². The number of nitrogens with one attached hydrogen (secondary N) is 1. The fraction of sp³-hybridized carbons (Fsp3) is 0.267. The van der Waals surface area contributed by atoms with Gasteiger partial charge in [-0.05, 0) is 24.8 Å². The Hall–Kier alpha value is -1.99. The number of amides is 1. The predicted molar refractivity (Wildman–Crippen MR) is 90.6 cm³/mol. The minimum absolute atomic E-state index is 0.206. The lowest BCUT2D eigenvalue weighted by Crippen LogP contribution is -2.17. The molecule has 1 unspecified atom stereocenters. The summed E-state index contributed by atoms with van der Waals surface area (Å²) in [5.41, 5.74) is 1.49. The summed E-state index contributed by atoms with van der Waals surface area (Å²) in [6.45, 7) is 4.16. The second-order valence-corrected chi connectivity index (χ2v) is 6.56. The van der Waals surface area contributed by atoms with E-state index >= 15 is 0 Å². The number of carbonyl (C=O) groups is 1. The SMILES string of the molecule is CCC(C)n1nccc1NC(=O)c1csc(-c2ccsc2)n1. The van der Waals surface area contributed by atoms with Crippen LogP contribution in [-0.2, 0) is 0 Å². The van der Waals surface area contributed by atoms with Crippen LogP contribution in [0.4, 0.5) is 5.82 Å². The van der Waals surface area contributed by atoms with Crippen LogP contribution >= 0.6 is 22.7 Å². The maximum atomic E-state index is 12.4. The standard InChI is InChI=1S/C15H16N4OS2/c1-3-10(2)19-13(4-6-16-19)18-14(20)12-9-22-15(17-12)11-5-7-21-8-11/h4-10H,3H2,1-2H3,(H,18,20). The second-order valence-electron chi connectivity index (χ2n) is 4.92. The van der Waals surface area contributed by atoms with Gasteiger partial charge < -0.3 is 5.32 Å². The van der Waals surface area contributed by atoms with Crippen molar-refractivity contribution in [1.29, 1.82) is 0 Å². The molecule has 0 spiro atoms. The van der Waals surface area contributed by atoms with E-state index in [2.05, 4.69) is 29.2 Å². The summed E-state index contributed by atoms with van der Waals surface area (Å²) in [6, 6.07) is 4.04. The van der Waals surface area contributed by atoms with Gasteiger partial charge in [-0.1, -0.05) is 6.92 Å². The molecule has 3 heterocycles. The number of rotatable bonds is 5. The Morgan fingerprint density at radius 3 is 3.00 bits per heavy atom. The second kappa shape index (κ2) is 6.41. The van der Waals surface area contributed by atoms with Gasteiger partial charge in [-0.25, -0.2) is 9.67 Å². The number of thiophene rings is 1. The topological polar surface area (TPSA) is 59.8 Å². The molecule has 0 aliphatic heterocycles. The van der Waals surface area contributed by atoms with Gasteiger partial charge in [0.05, 0.1) is 12.2 Å². The van der Waals surface area contributed by atoms with E-state index in [9.17, 15) is 4.79 Å². The van der Waals surface area contributed by atoms with Crippen molar-refractivity contribution in [2.75, 3.05) is 5.32 Å². The van der Waals surface area contributed by atoms with Crippen molar-refractivity contribution in [3.05, 3.63) is 40.2 Å². The zero-order valence-electron chi connectivity index (χ0n) is 12.3. The van der Waals surface area contributed by atoms with E-state index in [0.717, 1.165) is 17.0 Å². The molecule has 7 heteroatoms. The summed E-state index contributed by atoms with van der Waals surface area (Å²) in [5, 5.41) is 13.8. The molecule has 22 heavy (non-hydrogen) atoms. The highest BCUT2D eigenvalue weighted by molar-refractivity contribution is 7.14. The lowest BCUT2D eigenvalue weighted by Gasteiger charge is -2.13. The van der Waals surface area contributed by atoms with Crippen LogP contribution in [0.5, 0.6) is 0 Å². The number of carbonyl (C=O) groups excluding carboxylic acids is 1. The van der Waals surface area contributed by atoms with Crippen LogP contribution in [0.1, 0.15) is 36.8 Å². The summed E-state index contributed by atoms with van der Waals surface area (Å²) in [7, 11) is 0. The molecule has 1 amide bonds. The van der Waals surface area contributed by atoms with E-state index in [1.54, 1.807) is 29.0 Å². The van der Waals surface area contributed by atoms with Gasteiger partial charge >= 0.3 is 0 Å². The number of thiazole rings is 1. The number of anilines is 1. The van der Waals surface area contributed by atoms with Crippen molar-refractivity contribution in [2.24, 2.45) is 0 Å². The molecular weight excluding hydrogens is 316 g/mol. The van der Waals surface area contributed by atoms with Gasteiger partial charge in [-0.2, -0.15) is 16.4 Å². The summed E-state index contributed by atoms with van der Waals surface area (Å²) >= 11 is 3.09. The van der Waals surface area contributed by atoms with Gasteiger partial charge in [-0.3, -0.25) is 4.79 Å². The number of hydrogen-bond acceptors (Lipinski definition) is 5. The molecule has 1 atom stereocenters. The smallest absolute Gasteiger partial charge is 0.276 e. The highest BCUT2D eigenvalue weighted by Gasteiger charge is 2.15. The van der Waals surface area contributed by atoms with Crippen molar-refractivity contribution in [3.63, 3.8) is 0 Å². The Labute approximate surface area is 136 Å². The molecule has 0 bridgehead atoms. The summed E-state index contributed by atoms with van der Waals surface area (Å²) in [4.78, 5) is 16.8. The highest BCUT2D eigenvalue weighted by Crippen LogP contribution is 2.26. The molecule has 0 saturated heterocycles. The average Bonchev–Trinajstić information content (AvgIpc) is 3.25. The maximum Gasteiger partial charge on any atom is 0.276 e. The highest BCUT2D eigenvalue weighted by atomic mass is 32.1. The first-order valence-electron chi connectivity index (χ1n) is 7.02. The Kier molecular flexibility index (Phi) is 4.35. The van der Waals surface area contributed by atoms with Crippen LogP contribution in [0, 0.1) is 0 Å². The Morgan fingerprint density at radius 1 is 1.41 bits per heavy atom. The summed E-state index contributed by atoms with van der Waals surface area (Å²) in [5.74, 6) is 0.493. The average molecular weight is 332 g/mol. The van der Waals surface area contributed by atoms with Crippen LogP contribution in [0.3, 0.4) is 0 Å². The molecule has 3 aromatic rings. The summed E-state index contributed by atoms with van der Waals surface area (Å²) < 4.78 is 1.82. The van der Waals surface area contributed by atoms with E-state index in [4.69, 9.17) is 0 Å². The van der Waals surface area contributed by atoms with Gasteiger partial charge in [-0.15, -0.1) is 11.3 Å². The van der Waals surface area contributed by atoms with Crippen molar-refractivity contribution in [1.82, 2.24) is 14.8 Å². The van der Waals surface area contributed by atoms with E-state index in [-0.39, 0.29) is 11.9 Å². The first kappa shape index (κ1) is 14.9. The molecular formula is C15H16N4OS2. The van der Waals surface area contributed by atoms with Crippen molar-refractivity contribution in [2.45, 2.75) is 26.3 Å². The van der Waals surface area contributed by atoms with E-state index < -0.39 is 0 Å². The van der Waals surface area contributed by atoms with E-state index in [0.29, 0.717) is 11.5 Å². The summed E-state index contributed by atoms with van der Waals surface area (Å²) in [6.07, 6.45) is 2.64. The van der Waals surface area contributed by atoms with Crippen LogP contribution in [0.25, 0.3) is 10.6 Å². The molecule has 114 valence electrons. The predicted octanol–water partition coefficient (Wildman–Crippen LogP) is 4.29. The normalized spacial score (nSPS) is 12.3. The van der Waals surface area contributed by atoms with Gasteiger partial charge in [0.15, 0.2) is 0 Å². The molecule has 1 N–H and O–H groups in total. The van der Waals surface area contributed by atoms with Crippen molar-refractivity contribution in [3.8, 4) is 10.6 Å². The third kappa shape index (κ3) is 2.95. The molecule has 0 fully saturated rings. The minimum atomic E-state index is -0.206. The zero-order chi connectivity index (χ0) is 15.5. The van der Waals surface area contributed by atoms with Crippen LogP contribution < -0.4 is 5.32 Å². The van der Waals surface area contributed by atoms with Gasteiger partial charge in [0.2, 0.25) is 0 Å². The largest absolute Gasteiger partial charge is 0.305 e. The number of nitrogens with zero attached hydrogens (tertiary/aromatic N) is 3. The molecule has 0 aromatic carbocycles. The zero-order valence-corrected chi connectivity index (χ0v) is 13.9. The molecule has 0 aliphatic carbocycles. The lowest BCUT2D eigenvalue weighted by molar-refractivity contribution is 0.102. The molecule has 3 aromatic heterocycles. The van der Waals surface area contributed by atoms with Gasteiger partial charge in [0, 0.05) is 22.4 Å². The van der Waals surface area contributed by atoms with E-state index in [1.807, 2.05) is 21.5 Å². The van der Waals surface area contributed by atoms with Gasteiger partial charge in [0.1, 0.15) is 16.5 Å². The van der Waals surface area contributed by atoms with Crippen LogP contribution in [0.2, 0.25) is 0 Å². The lowest BCUT2D eigenvalue weighted by atomic mass is 10.3. The molecule has 5 nitrogen and oxygen atoms in total. The van der Waals surface area contributed by atoms with Crippen LogP contribution in [0.15, 0.2) is 34.5 Å². The Balaban J connectivity index is 1.77. The third-order valence-electron chi connectivity index (χ3n) is 3.43. The maximum absolute atomic E-state index is 12.4. The Morgan fingerprint density at radius 2 is 2.27 bits per heavy atom. The minimum Gasteiger partial charge on any atom is -0.305 e. The molecule has 0 saturated carbocycles. The first-order chi connectivity index (χ1) is 10.7. The fourth-order valence-electron chi connectivity index (χ4n) is 2.01. The van der Waals surface area contributed by atoms with E-state index in [1.165, 1.54) is 11.3 Å². The molecule has 0 aliphatic rings.